The molecule has 0 aliphatic rings. The molecule has 0 fully saturated rings. The lowest BCUT2D eigenvalue weighted by atomic mass is 10.3. The lowest BCUT2D eigenvalue weighted by Crippen LogP contribution is -2.23. The van der Waals surface area contributed by atoms with Crippen molar-refractivity contribution in [1.29, 1.82) is 0 Å². The molecule has 0 saturated carbocycles. The number of thiophene rings is 1. The van der Waals surface area contributed by atoms with Crippen LogP contribution < -0.4 is 10.9 Å². The zero-order valence-corrected chi connectivity index (χ0v) is 16.4. The molecule has 0 bridgehead atoms. The molecule has 136 valence electrons. The molecule has 1 amide bonds. The molecule has 3 heterocycles. The number of nitrogens with zero attached hydrogens (tertiary/aromatic N) is 4. The van der Waals surface area contributed by atoms with Gasteiger partial charge in [-0.05, 0) is 25.3 Å². The molecule has 26 heavy (non-hydrogen) atoms. The van der Waals surface area contributed by atoms with Gasteiger partial charge in [0.25, 0.3) is 5.56 Å². The highest BCUT2D eigenvalue weighted by molar-refractivity contribution is 7.99. The fourth-order valence-corrected chi connectivity index (χ4v) is 4.20. The summed E-state index contributed by atoms with van der Waals surface area (Å²) in [6.07, 6.45) is 1.65. The number of allylic oxidation sites excluding steroid dienone is 1. The van der Waals surface area contributed by atoms with Gasteiger partial charge < -0.3 is 5.32 Å². The zero-order valence-electron chi connectivity index (χ0n) is 14.8. The highest BCUT2D eigenvalue weighted by atomic mass is 32.2. The van der Waals surface area contributed by atoms with Crippen LogP contribution in [0.15, 0.2) is 34.1 Å². The average Bonchev–Trinajstić information content (AvgIpc) is 3.16. The Hall–Kier alpha value is -2.39. The minimum absolute atomic E-state index is 0.113. The van der Waals surface area contributed by atoms with Gasteiger partial charge in [-0.1, -0.05) is 17.8 Å². The summed E-state index contributed by atoms with van der Waals surface area (Å²) in [4.78, 5) is 30.2. The second-order valence-electron chi connectivity index (χ2n) is 5.74. The first-order valence-electron chi connectivity index (χ1n) is 7.94. The topological polar surface area (TPSA) is 81.8 Å². The summed E-state index contributed by atoms with van der Waals surface area (Å²) >= 11 is 2.65. The maximum absolute atomic E-state index is 12.6. The lowest BCUT2D eigenvalue weighted by molar-refractivity contribution is -0.113. The van der Waals surface area contributed by atoms with Crippen LogP contribution in [0.25, 0.3) is 10.2 Å². The number of thioether (sulfide) groups is 1. The van der Waals surface area contributed by atoms with E-state index in [1.165, 1.54) is 23.1 Å². The van der Waals surface area contributed by atoms with Crippen LogP contribution in [0.5, 0.6) is 0 Å². The van der Waals surface area contributed by atoms with Gasteiger partial charge in [0.2, 0.25) is 5.91 Å². The van der Waals surface area contributed by atoms with Gasteiger partial charge >= 0.3 is 0 Å². The molecule has 9 heteroatoms. The number of anilines is 1. The van der Waals surface area contributed by atoms with Gasteiger partial charge in [-0.2, -0.15) is 5.10 Å². The monoisotopic (exact) mass is 389 g/mol. The van der Waals surface area contributed by atoms with Crippen LogP contribution in [0.3, 0.4) is 0 Å². The number of carbonyl (C=O) groups excluding carboxylic acids is 1. The van der Waals surface area contributed by atoms with Gasteiger partial charge in [0.15, 0.2) is 5.16 Å². The van der Waals surface area contributed by atoms with E-state index in [0.29, 0.717) is 21.9 Å². The Morgan fingerprint density at radius 3 is 2.88 bits per heavy atom. The maximum atomic E-state index is 12.6. The van der Waals surface area contributed by atoms with Gasteiger partial charge in [-0.15, -0.1) is 17.9 Å². The molecule has 0 unspecified atom stereocenters. The minimum Gasteiger partial charge on any atom is -0.322 e. The largest absolute Gasteiger partial charge is 0.322 e. The van der Waals surface area contributed by atoms with Crippen molar-refractivity contribution in [3.63, 3.8) is 0 Å². The first-order valence-corrected chi connectivity index (χ1v) is 9.80. The molecule has 7 nitrogen and oxygen atoms in total. The van der Waals surface area contributed by atoms with Crippen molar-refractivity contribution in [2.45, 2.75) is 25.5 Å². The zero-order chi connectivity index (χ0) is 18.8. The van der Waals surface area contributed by atoms with Crippen LogP contribution in [-0.4, -0.2) is 31.0 Å². The normalized spacial score (nSPS) is 11.0. The van der Waals surface area contributed by atoms with E-state index in [9.17, 15) is 9.59 Å². The number of hydrogen-bond acceptors (Lipinski definition) is 6. The molecule has 0 aliphatic heterocycles. The molecule has 1 N–H and O–H groups in total. The first-order chi connectivity index (χ1) is 12.4. The van der Waals surface area contributed by atoms with E-state index in [2.05, 4.69) is 22.0 Å². The molecule has 0 aliphatic carbocycles. The summed E-state index contributed by atoms with van der Waals surface area (Å²) in [6, 6.07) is 1.77. The maximum Gasteiger partial charge on any atom is 0.263 e. The third-order valence-electron chi connectivity index (χ3n) is 3.97. The molecule has 3 rings (SSSR count). The van der Waals surface area contributed by atoms with Crippen LogP contribution in [0, 0.1) is 13.8 Å². The van der Waals surface area contributed by atoms with E-state index < -0.39 is 0 Å². The third kappa shape index (κ3) is 3.45. The fraction of sp³-hybridized carbons (Fsp3) is 0.294. The molecule has 0 radical (unpaired) electrons. The van der Waals surface area contributed by atoms with Gasteiger partial charge in [-0.3, -0.25) is 18.8 Å². The number of aryl methyl sites for hydroxylation is 2. The SMILES string of the molecule is C=CCn1c(SCC(=O)Nc2c(C)nn(C)c2C)nc2sccc2c1=O. The van der Waals surface area contributed by atoms with E-state index in [1.807, 2.05) is 26.3 Å². The van der Waals surface area contributed by atoms with E-state index in [1.54, 1.807) is 21.4 Å². The number of nitrogens with one attached hydrogen (secondary N) is 1. The molecule has 3 aromatic rings. The number of hydrogen-bond donors (Lipinski definition) is 1. The molecular weight excluding hydrogens is 370 g/mol. The second kappa shape index (κ2) is 7.46. The standard InChI is InChI=1S/C17H19N5O2S2/c1-5-7-22-16(24)12-6-8-25-15(12)19-17(22)26-9-13(23)18-14-10(2)20-21(4)11(14)3/h5-6,8H,1,7,9H2,2-4H3,(H,18,23). The number of aromatic nitrogens is 4. The molecule has 0 spiro atoms. The van der Waals surface area contributed by atoms with Gasteiger partial charge in [0.05, 0.1) is 28.2 Å². The van der Waals surface area contributed by atoms with E-state index in [4.69, 9.17) is 0 Å². The van der Waals surface area contributed by atoms with Crippen molar-refractivity contribution in [2.24, 2.45) is 7.05 Å². The van der Waals surface area contributed by atoms with Gasteiger partial charge in [0, 0.05) is 13.6 Å². The van der Waals surface area contributed by atoms with Gasteiger partial charge in [-0.25, -0.2) is 4.98 Å². The van der Waals surface area contributed by atoms with E-state index in [-0.39, 0.29) is 17.2 Å². The Kier molecular flexibility index (Phi) is 5.28. The summed E-state index contributed by atoms with van der Waals surface area (Å²) in [5.74, 6) is -0.0197. The quantitative estimate of drug-likeness (QED) is 0.398. The van der Waals surface area contributed by atoms with Crippen molar-refractivity contribution in [2.75, 3.05) is 11.1 Å². The Bertz CT molecular complexity index is 1050. The third-order valence-corrected chi connectivity index (χ3v) is 5.75. The van der Waals surface area contributed by atoms with Crippen molar-refractivity contribution < 1.29 is 4.79 Å². The van der Waals surface area contributed by atoms with Crippen LogP contribution in [0.1, 0.15) is 11.4 Å². The first kappa shape index (κ1) is 18.4. The highest BCUT2D eigenvalue weighted by Gasteiger charge is 2.16. The molecular formula is C17H19N5O2S2. The summed E-state index contributed by atoms with van der Waals surface area (Å²) in [5, 5.41) is 10.1. The van der Waals surface area contributed by atoms with Crippen molar-refractivity contribution >= 4 is 44.9 Å². The summed E-state index contributed by atoms with van der Waals surface area (Å²) in [6.45, 7) is 7.80. The Morgan fingerprint density at radius 1 is 1.46 bits per heavy atom. The number of carbonyl (C=O) groups is 1. The fourth-order valence-electron chi connectivity index (χ4n) is 2.59. The van der Waals surface area contributed by atoms with Crippen molar-refractivity contribution in [3.05, 3.63) is 45.8 Å². The Morgan fingerprint density at radius 2 is 2.23 bits per heavy atom. The average molecular weight is 390 g/mol. The van der Waals surface area contributed by atoms with Crippen LogP contribution in [0.2, 0.25) is 0 Å². The molecule has 0 atom stereocenters. The van der Waals surface area contributed by atoms with Crippen molar-refractivity contribution in [1.82, 2.24) is 19.3 Å². The molecule has 0 aromatic carbocycles. The highest BCUT2D eigenvalue weighted by Crippen LogP contribution is 2.22. The number of amides is 1. The summed E-state index contributed by atoms with van der Waals surface area (Å²) < 4.78 is 3.27. The predicted octanol–water partition coefficient (Wildman–Crippen LogP) is 2.73. The molecule has 3 aromatic heterocycles. The Labute approximate surface area is 158 Å². The number of rotatable bonds is 6. The second-order valence-corrected chi connectivity index (χ2v) is 7.58. The molecule has 0 saturated heterocycles. The summed E-state index contributed by atoms with van der Waals surface area (Å²) in [7, 11) is 1.83. The number of fused-ring (bicyclic) bond motifs is 1. The minimum atomic E-state index is -0.167. The van der Waals surface area contributed by atoms with Crippen LogP contribution in [-0.2, 0) is 18.4 Å². The summed E-state index contributed by atoms with van der Waals surface area (Å²) in [5.41, 5.74) is 2.27. The van der Waals surface area contributed by atoms with Crippen LogP contribution >= 0.6 is 23.1 Å². The van der Waals surface area contributed by atoms with Gasteiger partial charge in [0.1, 0.15) is 4.83 Å². The van der Waals surface area contributed by atoms with Crippen LogP contribution in [0.4, 0.5) is 5.69 Å². The predicted molar refractivity (Wildman–Crippen MR) is 106 cm³/mol. The van der Waals surface area contributed by atoms with E-state index >= 15 is 0 Å². The van der Waals surface area contributed by atoms with E-state index in [0.717, 1.165) is 17.1 Å². The lowest BCUT2D eigenvalue weighted by Gasteiger charge is -2.10. The Balaban J connectivity index is 1.80. The smallest absolute Gasteiger partial charge is 0.263 e. The van der Waals surface area contributed by atoms with Crippen molar-refractivity contribution in [3.8, 4) is 0 Å².